The molecule has 3 rings (SSSR count). The Labute approximate surface area is 304 Å². The molecule has 11 heteroatoms. The smallest absolute Gasteiger partial charge is 0.137 e. The van der Waals surface area contributed by atoms with E-state index in [4.69, 9.17) is 16.3 Å². The molecule has 0 saturated carbocycles. The van der Waals surface area contributed by atoms with Crippen LogP contribution in [0.3, 0.4) is 0 Å². The molecule has 5 nitrogen and oxygen atoms in total. The van der Waals surface area contributed by atoms with E-state index in [9.17, 15) is 17.4 Å². The molecule has 272 valence electrons. The van der Waals surface area contributed by atoms with Crippen LogP contribution in [0.2, 0.25) is 5.02 Å². The summed E-state index contributed by atoms with van der Waals surface area (Å²) in [5.74, 6) is -0.919. The maximum Gasteiger partial charge on any atom is 0.137 e. The number of thioether (sulfide) groups is 1. The standard InChI is InChI=1S/C28H39ClF2N3O2S2.C7H7F.C3H8/c1-19(28(3,4)21-10-11-27(36-8)24(29)14-21)17-32-20(2)37-18-23-25(30)15-22(16-26(23)31)38(35)33-12-9-13-34(5,6)7;1-6-2-4-7(8)5-3-6;1-3-2/h10-11,14-17,33H,9,12-13,18H2,1-8H3;2-5H,1H3;3H2,1-2H3/q+1;;/b19-17+,32-20?;;. The largest absolute Gasteiger partial charge is 0.495 e. The van der Waals surface area contributed by atoms with Crippen LogP contribution >= 0.6 is 23.4 Å². The number of allylic oxidation sites excluding steroid dienone is 1. The summed E-state index contributed by atoms with van der Waals surface area (Å²) in [4.78, 5) is 4.59. The maximum atomic E-state index is 14.7. The number of benzene rings is 3. The third kappa shape index (κ3) is 16.3. The van der Waals surface area contributed by atoms with Gasteiger partial charge in [-0.3, -0.25) is 4.99 Å². The molecule has 0 aliphatic rings. The monoisotopic (exact) mass is 740 g/mol. The minimum absolute atomic E-state index is 0.0655. The number of aryl methyl sites for hydroxylation is 1. The molecule has 0 aromatic heterocycles. The topological polar surface area (TPSA) is 50.7 Å². The summed E-state index contributed by atoms with van der Waals surface area (Å²) in [5.41, 5.74) is 2.70. The van der Waals surface area contributed by atoms with Gasteiger partial charge >= 0.3 is 0 Å². The Bertz CT molecular complexity index is 1510. The number of ether oxygens (including phenoxy) is 1. The highest BCUT2D eigenvalue weighted by Gasteiger charge is 2.24. The fraction of sp³-hybridized carbons (Fsp3) is 0.447. The predicted octanol–water partition coefficient (Wildman–Crippen LogP) is 10.4. The first kappa shape index (κ1) is 44.4. The average Bonchev–Trinajstić information content (AvgIpc) is 3.02. The number of methoxy groups -OCH3 is 1. The van der Waals surface area contributed by atoms with Crippen LogP contribution < -0.4 is 9.46 Å². The molecule has 1 atom stereocenters. The Morgan fingerprint density at radius 3 is 2.08 bits per heavy atom. The third-order valence-electron chi connectivity index (χ3n) is 7.30. The fourth-order valence-electron chi connectivity index (χ4n) is 4.01. The van der Waals surface area contributed by atoms with Gasteiger partial charge in [0.05, 0.1) is 49.8 Å². The number of hydrogen-bond acceptors (Lipinski definition) is 4. The van der Waals surface area contributed by atoms with Crippen LogP contribution in [0.1, 0.15) is 71.1 Å². The Kier molecular flexibility index (Phi) is 19.5. The highest BCUT2D eigenvalue weighted by Crippen LogP contribution is 2.36. The van der Waals surface area contributed by atoms with Gasteiger partial charge in [-0.2, -0.15) is 0 Å². The van der Waals surface area contributed by atoms with Crippen molar-refractivity contribution in [1.29, 1.82) is 0 Å². The van der Waals surface area contributed by atoms with Gasteiger partial charge in [-0.1, -0.05) is 69.5 Å². The van der Waals surface area contributed by atoms with Gasteiger partial charge in [0, 0.05) is 35.9 Å². The molecule has 0 heterocycles. The van der Waals surface area contributed by atoms with Crippen molar-refractivity contribution in [2.75, 3.05) is 41.3 Å². The lowest BCUT2D eigenvalue weighted by Crippen LogP contribution is -2.36. The van der Waals surface area contributed by atoms with Gasteiger partial charge in [0.15, 0.2) is 0 Å². The fourth-order valence-corrected chi connectivity index (χ4v) is 5.94. The van der Waals surface area contributed by atoms with E-state index in [0.29, 0.717) is 22.4 Å². The molecule has 3 aromatic carbocycles. The van der Waals surface area contributed by atoms with Gasteiger partial charge in [-0.25, -0.2) is 22.1 Å². The van der Waals surface area contributed by atoms with Gasteiger partial charge in [0.2, 0.25) is 0 Å². The number of hydrogen-bond donors (Lipinski definition) is 1. The number of halogens is 4. The lowest BCUT2D eigenvalue weighted by Gasteiger charge is -2.26. The van der Waals surface area contributed by atoms with E-state index < -0.39 is 22.6 Å². The van der Waals surface area contributed by atoms with E-state index in [1.54, 1.807) is 32.4 Å². The van der Waals surface area contributed by atoms with Crippen molar-refractivity contribution >= 4 is 39.4 Å². The van der Waals surface area contributed by atoms with Gasteiger partial charge < -0.3 is 9.22 Å². The molecular formula is C38H54ClF3N3O2S2+. The summed E-state index contributed by atoms with van der Waals surface area (Å²) in [6.45, 7) is 15.5. The number of nitrogens with zero attached hydrogens (tertiary/aromatic N) is 2. The van der Waals surface area contributed by atoms with Gasteiger partial charge in [-0.05, 0) is 68.3 Å². The quantitative estimate of drug-likeness (QED) is 0.0871. The second-order valence-electron chi connectivity index (χ2n) is 13.1. The van der Waals surface area contributed by atoms with Crippen LogP contribution in [0.4, 0.5) is 13.2 Å². The summed E-state index contributed by atoms with van der Waals surface area (Å²) >= 11 is 7.55. The van der Waals surface area contributed by atoms with Crippen molar-refractivity contribution < 1.29 is 26.6 Å². The highest BCUT2D eigenvalue weighted by molar-refractivity contribution is 8.13. The van der Waals surface area contributed by atoms with Crippen LogP contribution in [-0.2, 0) is 22.2 Å². The molecule has 1 unspecified atom stereocenters. The van der Waals surface area contributed by atoms with Gasteiger partial charge in [-0.15, -0.1) is 11.8 Å². The minimum atomic E-state index is -1.68. The summed E-state index contributed by atoms with van der Waals surface area (Å²) in [6.07, 6.45) is 3.82. The third-order valence-corrected chi connectivity index (χ3v) is 9.68. The van der Waals surface area contributed by atoms with Crippen LogP contribution in [0.25, 0.3) is 0 Å². The number of aliphatic imine (C=N–C) groups is 1. The molecule has 0 amide bonds. The average molecular weight is 741 g/mol. The van der Waals surface area contributed by atoms with Crippen LogP contribution in [0.15, 0.2) is 76.3 Å². The van der Waals surface area contributed by atoms with E-state index in [1.807, 2.05) is 32.0 Å². The van der Waals surface area contributed by atoms with Crippen LogP contribution in [0, 0.1) is 24.4 Å². The molecule has 0 aliphatic carbocycles. The van der Waals surface area contributed by atoms with E-state index in [-0.39, 0.29) is 27.4 Å². The Morgan fingerprint density at radius 2 is 1.59 bits per heavy atom. The molecule has 1 N–H and O–H groups in total. The molecule has 0 aliphatic heterocycles. The van der Waals surface area contributed by atoms with Crippen molar-refractivity contribution in [2.24, 2.45) is 4.99 Å². The second kappa shape index (κ2) is 21.6. The number of quaternary nitrogens is 1. The highest BCUT2D eigenvalue weighted by atomic mass is 35.5. The SMILES string of the molecule is CCC.COc1ccc(C(C)(C)/C(C)=C/N=C(C)SCc2c(F)cc(S(=O)NCCC[N+](C)(C)C)cc2F)cc1Cl.Cc1ccc(F)cc1. The molecule has 0 saturated heterocycles. The predicted molar refractivity (Wildman–Crippen MR) is 205 cm³/mol. The number of rotatable bonds is 12. The summed E-state index contributed by atoms with van der Waals surface area (Å²) in [6, 6.07) is 14.4. The Morgan fingerprint density at radius 1 is 1.02 bits per heavy atom. The van der Waals surface area contributed by atoms with Gasteiger partial charge in [0.1, 0.15) is 34.2 Å². The lowest BCUT2D eigenvalue weighted by molar-refractivity contribution is -0.870. The van der Waals surface area contributed by atoms with Crippen molar-refractivity contribution in [3.05, 3.63) is 106 Å². The van der Waals surface area contributed by atoms with E-state index in [0.717, 1.165) is 46.3 Å². The van der Waals surface area contributed by atoms with Crippen molar-refractivity contribution in [3.8, 4) is 5.75 Å². The zero-order valence-corrected chi connectivity index (χ0v) is 33.2. The summed E-state index contributed by atoms with van der Waals surface area (Å²) in [5, 5.41) is 1.20. The van der Waals surface area contributed by atoms with E-state index >= 15 is 0 Å². The summed E-state index contributed by atoms with van der Waals surface area (Å²) in [7, 11) is 6.11. The Hall–Kier alpha value is -2.63. The first-order valence-electron chi connectivity index (χ1n) is 16.2. The molecule has 3 aromatic rings. The van der Waals surface area contributed by atoms with E-state index in [1.165, 1.54) is 30.3 Å². The molecule has 0 bridgehead atoms. The molecule has 0 fully saturated rings. The normalized spacial score (nSPS) is 12.8. The lowest BCUT2D eigenvalue weighted by atomic mass is 9.79. The first-order valence-corrected chi connectivity index (χ1v) is 18.7. The Balaban J connectivity index is 0.000000927. The minimum Gasteiger partial charge on any atom is -0.495 e. The molecule has 0 radical (unpaired) electrons. The van der Waals surface area contributed by atoms with E-state index in [2.05, 4.69) is 58.6 Å². The molecular weight excluding hydrogens is 687 g/mol. The zero-order valence-electron chi connectivity index (χ0n) is 30.8. The molecule has 49 heavy (non-hydrogen) atoms. The second-order valence-corrected chi connectivity index (χ2v) is 16.0. The van der Waals surface area contributed by atoms with Crippen LogP contribution in [0.5, 0.6) is 5.75 Å². The van der Waals surface area contributed by atoms with Crippen molar-refractivity contribution in [3.63, 3.8) is 0 Å². The maximum absolute atomic E-state index is 14.7. The molecule has 0 spiro atoms. The zero-order chi connectivity index (χ0) is 37.4. The van der Waals surface area contributed by atoms with Crippen LogP contribution in [-0.4, -0.2) is 55.1 Å². The first-order chi connectivity index (χ1) is 22.9. The number of nitrogens with one attached hydrogen (secondary N) is 1. The van der Waals surface area contributed by atoms with Crippen molar-refractivity contribution in [1.82, 2.24) is 4.72 Å². The summed E-state index contributed by atoms with van der Waals surface area (Å²) < 4.78 is 62.8. The van der Waals surface area contributed by atoms with Gasteiger partial charge in [0.25, 0.3) is 0 Å². The van der Waals surface area contributed by atoms with Crippen molar-refractivity contribution in [2.45, 2.75) is 77.4 Å².